The molecule has 0 atom stereocenters. The van der Waals surface area contributed by atoms with Crippen LogP contribution in [0.4, 0.5) is 11.4 Å². The quantitative estimate of drug-likeness (QED) is 0.836. The van der Waals surface area contributed by atoms with Crippen LogP contribution >= 0.6 is 0 Å². The van der Waals surface area contributed by atoms with Gasteiger partial charge in [0.1, 0.15) is 0 Å². The molecule has 0 saturated heterocycles. The first kappa shape index (κ1) is 13.5. The molecule has 0 fully saturated rings. The summed E-state index contributed by atoms with van der Waals surface area (Å²) in [6, 6.07) is 18.1. The summed E-state index contributed by atoms with van der Waals surface area (Å²) in [5, 5.41) is 5.31. The van der Waals surface area contributed by atoms with Gasteiger partial charge in [-0.1, -0.05) is 36.4 Å². The van der Waals surface area contributed by atoms with Crippen molar-refractivity contribution in [1.29, 1.82) is 0 Å². The summed E-state index contributed by atoms with van der Waals surface area (Å²) in [6.45, 7) is 0. The van der Waals surface area contributed by atoms with Gasteiger partial charge in [-0.05, 0) is 24.3 Å². The molecule has 0 heterocycles. The van der Waals surface area contributed by atoms with Gasteiger partial charge in [-0.15, -0.1) is 0 Å². The zero-order valence-electron chi connectivity index (χ0n) is 10.7. The second-order valence-corrected chi connectivity index (χ2v) is 4.04. The van der Waals surface area contributed by atoms with Gasteiger partial charge in [-0.25, -0.2) is 0 Å². The summed E-state index contributed by atoms with van der Waals surface area (Å²) in [5.41, 5.74) is 1.37. The van der Waals surface area contributed by atoms with Crippen LogP contribution in [0.3, 0.4) is 0 Å². The van der Waals surface area contributed by atoms with Gasteiger partial charge >= 0.3 is 0 Å². The van der Waals surface area contributed by atoms with E-state index in [9.17, 15) is 9.59 Å². The first-order valence-electron chi connectivity index (χ1n) is 6.14. The van der Waals surface area contributed by atoms with Crippen molar-refractivity contribution in [3.05, 3.63) is 72.8 Å². The predicted octanol–water partition coefficient (Wildman–Crippen LogP) is 2.82. The van der Waals surface area contributed by atoms with Gasteiger partial charge in [0.25, 0.3) is 0 Å². The SMILES string of the molecule is O=C(/C=C/C(=O)Nc1ccccc1)Nc1ccccc1. The summed E-state index contributed by atoms with van der Waals surface area (Å²) in [7, 11) is 0. The van der Waals surface area contributed by atoms with Crippen molar-refractivity contribution in [2.75, 3.05) is 10.6 Å². The van der Waals surface area contributed by atoms with Crippen LogP contribution in [0.5, 0.6) is 0 Å². The maximum atomic E-state index is 11.6. The molecule has 2 amide bonds. The fraction of sp³-hybridized carbons (Fsp3) is 0. The first-order chi connectivity index (χ1) is 9.74. The van der Waals surface area contributed by atoms with Crippen LogP contribution in [0.15, 0.2) is 72.8 Å². The molecular formula is C16H14N2O2. The highest BCUT2D eigenvalue weighted by atomic mass is 16.2. The normalized spacial score (nSPS) is 10.2. The zero-order valence-corrected chi connectivity index (χ0v) is 10.7. The standard InChI is InChI=1S/C16H14N2O2/c19-15(17-13-7-3-1-4-8-13)11-12-16(20)18-14-9-5-2-6-10-14/h1-12H,(H,17,19)(H,18,20)/b12-11+. The van der Waals surface area contributed by atoms with Crippen LogP contribution < -0.4 is 10.6 Å². The van der Waals surface area contributed by atoms with Crippen molar-refractivity contribution in [3.63, 3.8) is 0 Å². The number of rotatable bonds is 4. The molecule has 0 bridgehead atoms. The number of hydrogen-bond donors (Lipinski definition) is 2. The molecule has 2 N–H and O–H groups in total. The average molecular weight is 266 g/mol. The summed E-state index contributed by atoms with van der Waals surface area (Å²) in [4.78, 5) is 23.2. The smallest absolute Gasteiger partial charge is 0.248 e. The van der Waals surface area contributed by atoms with Crippen LogP contribution in [0.1, 0.15) is 0 Å². The minimum atomic E-state index is -0.348. The highest BCUT2D eigenvalue weighted by molar-refractivity contribution is 6.06. The molecule has 4 nitrogen and oxygen atoms in total. The second kappa shape index (κ2) is 6.89. The molecule has 0 saturated carbocycles. The molecule has 0 aliphatic rings. The van der Waals surface area contributed by atoms with E-state index in [4.69, 9.17) is 0 Å². The molecule has 0 aliphatic heterocycles. The monoisotopic (exact) mass is 266 g/mol. The third-order valence-electron chi connectivity index (χ3n) is 2.47. The lowest BCUT2D eigenvalue weighted by atomic mass is 10.3. The largest absolute Gasteiger partial charge is 0.323 e. The van der Waals surface area contributed by atoms with Gasteiger partial charge in [-0.2, -0.15) is 0 Å². The van der Waals surface area contributed by atoms with Crippen molar-refractivity contribution < 1.29 is 9.59 Å². The van der Waals surface area contributed by atoms with Gasteiger partial charge in [0, 0.05) is 23.5 Å². The lowest BCUT2D eigenvalue weighted by molar-refractivity contribution is -0.114. The Bertz CT molecular complexity index is 551. The molecule has 0 aromatic heterocycles. The van der Waals surface area contributed by atoms with Gasteiger partial charge in [0.2, 0.25) is 11.8 Å². The topological polar surface area (TPSA) is 58.2 Å². The number of amides is 2. The Morgan fingerprint density at radius 2 is 1.00 bits per heavy atom. The van der Waals surface area contributed by atoms with Gasteiger partial charge in [-0.3, -0.25) is 9.59 Å². The Balaban J connectivity index is 1.86. The Kier molecular flexibility index (Phi) is 4.67. The predicted molar refractivity (Wildman–Crippen MR) is 79.3 cm³/mol. The van der Waals surface area contributed by atoms with E-state index in [-0.39, 0.29) is 11.8 Å². The van der Waals surface area contributed by atoms with Crippen LogP contribution in [0, 0.1) is 0 Å². The minimum Gasteiger partial charge on any atom is -0.323 e. The number of anilines is 2. The van der Waals surface area contributed by atoms with Crippen LogP contribution in [0.2, 0.25) is 0 Å². The molecule has 2 aromatic carbocycles. The van der Waals surface area contributed by atoms with Crippen molar-refractivity contribution in [1.82, 2.24) is 0 Å². The van der Waals surface area contributed by atoms with E-state index in [2.05, 4.69) is 10.6 Å². The molecule has 0 radical (unpaired) electrons. The van der Waals surface area contributed by atoms with E-state index in [1.54, 1.807) is 24.3 Å². The number of carbonyl (C=O) groups excluding carboxylic acids is 2. The van der Waals surface area contributed by atoms with Crippen LogP contribution in [-0.2, 0) is 9.59 Å². The lowest BCUT2D eigenvalue weighted by Gasteiger charge is -2.02. The minimum absolute atomic E-state index is 0.348. The number of benzene rings is 2. The Morgan fingerprint density at radius 1 is 0.650 bits per heavy atom. The molecule has 100 valence electrons. The number of hydrogen-bond acceptors (Lipinski definition) is 2. The molecular weight excluding hydrogens is 252 g/mol. The van der Waals surface area contributed by atoms with Gasteiger partial charge < -0.3 is 10.6 Å². The molecule has 4 heteroatoms. The van der Waals surface area contributed by atoms with Crippen LogP contribution in [-0.4, -0.2) is 11.8 Å². The number of nitrogens with one attached hydrogen (secondary N) is 2. The zero-order chi connectivity index (χ0) is 14.2. The van der Waals surface area contributed by atoms with E-state index >= 15 is 0 Å². The van der Waals surface area contributed by atoms with Crippen LogP contribution in [0.25, 0.3) is 0 Å². The maximum Gasteiger partial charge on any atom is 0.248 e. The number of para-hydroxylation sites is 2. The van der Waals surface area contributed by atoms with Crippen molar-refractivity contribution >= 4 is 23.2 Å². The second-order valence-electron chi connectivity index (χ2n) is 4.04. The summed E-state index contributed by atoms with van der Waals surface area (Å²) in [6.07, 6.45) is 2.40. The van der Waals surface area contributed by atoms with Crippen molar-refractivity contribution in [3.8, 4) is 0 Å². The maximum absolute atomic E-state index is 11.6. The fourth-order valence-corrected chi connectivity index (χ4v) is 1.56. The van der Waals surface area contributed by atoms with Gasteiger partial charge in [0.15, 0.2) is 0 Å². The molecule has 2 rings (SSSR count). The Morgan fingerprint density at radius 3 is 1.35 bits per heavy atom. The van der Waals surface area contributed by atoms with Crippen molar-refractivity contribution in [2.24, 2.45) is 0 Å². The highest BCUT2D eigenvalue weighted by Crippen LogP contribution is 2.06. The number of carbonyl (C=O) groups is 2. The molecule has 2 aromatic rings. The fourth-order valence-electron chi connectivity index (χ4n) is 1.56. The molecule has 0 unspecified atom stereocenters. The van der Waals surface area contributed by atoms with E-state index < -0.39 is 0 Å². The Labute approximate surface area is 117 Å². The first-order valence-corrected chi connectivity index (χ1v) is 6.14. The molecule has 20 heavy (non-hydrogen) atoms. The van der Waals surface area contributed by atoms with Gasteiger partial charge in [0.05, 0.1) is 0 Å². The third-order valence-corrected chi connectivity index (χ3v) is 2.47. The summed E-state index contributed by atoms with van der Waals surface area (Å²) in [5.74, 6) is -0.696. The summed E-state index contributed by atoms with van der Waals surface area (Å²) < 4.78 is 0. The third kappa shape index (κ3) is 4.42. The van der Waals surface area contributed by atoms with E-state index in [1.165, 1.54) is 12.2 Å². The molecule has 0 spiro atoms. The summed E-state index contributed by atoms with van der Waals surface area (Å²) >= 11 is 0. The highest BCUT2D eigenvalue weighted by Gasteiger charge is 2.00. The van der Waals surface area contributed by atoms with Crippen molar-refractivity contribution in [2.45, 2.75) is 0 Å². The molecule has 0 aliphatic carbocycles. The lowest BCUT2D eigenvalue weighted by Crippen LogP contribution is -2.11. The average Bonchev–Trinajstić information content (AvgIpc) is 2.47. The Hall–Kier alpha value is -2.88. The van der Waals surface area contributed by atoms with E-state index in [1.807, 2.05) is 36.4 Å². The van der Waals surface area contributed by atoms with E-state index in [0.29, 0.717) is 11.4 Å². The van der Waals surface area contributed by atoms with E-state index in [0.717, 1.165) is 0 Å².